The first-order valence-corrected chi connectivity index (χ1v) is 8.61. The van der Waals surface area contributed by atoms with Gasteiger partial charge >= 0.3 is 5.92 Å². The van der Waals surface area contributed by atoms with Crippen molar-refractivity contribution in [3.05, 3.63) is 83.9 Å². The highest BCUT2D eigenvalue weighted by atomic mass is 19.3. The van der Waals surface area contributed by atoms with Gasteiger partial charge in [-0.15, -0.1) is 0 Å². The predicted molar refractivity (Wildman–Crippen MR) is 102 cm³/mol. The van der Waals surface area contributed by atoms with Gasteiger partial charge in [-0.2, -0.15) is 8.78 Å². The Balaban J connectivity index is 1.98. The molecule has 1 N–H and O–H groups in total. The molecule has 0 unspecified atom stereocenters. The second kappa shape index (κ2) is 4.50. The van der Waals surface area contributed by atoms with Crippen molar-refractivity contribution >= 4 is 32.6 Å². The van der Waals surface area contributed by atoms with Gasteiger partial charge in [-0.25, -0.2) is 0 Å². The summed E-state index contributed by atoms with van der Waals surface area (Å²) in [7, 11) is 0. The first-order chi connectivity index (χ1) is 12.7. The van der Waals surface area contributed by atoms with Crippen LogP contribution in [0.4, 0.5) is 8.78 Å². The van der Waals surface area contributed by atoms with Crippen molar-refractivity contribution in [3.63, 3.8) is 0 Å². The van der Waals surface area contributed by atoms with Crippen LogP contribution in [0.25, 0.3) is 43.7 Å². The van der Waals surface area contributed by atoms with Crippen LogP contribution in [0, 0.1) is 0 Å². The molecule has 5 aromatic rings. The third kappa shape index (κ3) is 1.50. The van der Waals surface area contributed by atoms with Crippen molar-refractivity contribution in [2.75, 3.05) is 0 Å². The van der Waals surface area contributed by atoms with Crippen LogP contribution in [0.2, 0.25) is 0 Å². The summed E-state index contributed by atoms with van der Waals surface area (Å²) in [5.74, 6) is -3.02. The number of hydrogen-bond acceptors (Lipinski definition) is 0. The Morgan fingerprint density at radius 3 is 2.19 bits per heavy atom. The minimum atomic E-state index is -3.02. The first kappa shape index (κ1) is 14.0. The fourth-order valence-corrected chi connectivity index (χ4v) is 4.49. The van der Waals surface area contributed by atoms with Crippen LogP contribution in [0.5, 0.6) is 0 Å². The minimum Gasteiger partial charge on any atom is -0.354 e. The highest BCUT2D eigenvalue weighted by Gasteiger charge is 2.47. The van der Waals surface area contributed by atoms with Crippen LogP contribution in [0.1, 0.15) is 11.1 Å². The zero-order valence-electron chi connectivity index (χ0n) is 13.7. The van der Waals surface area contributed by atoms with E-state index in [9.17, 15) is 0 Å². The molecule has 1 aromatic heterocycles. The zero-order chi connectivity index (χ0) is 17.5. The van der Waals surface area contributed by atoms with Gasteiger partial charge in [0.25, 0.3) is 0 Å². The molecule has 3 heteroatoms. The Labute approximate surface area is 147 Å². The van der Waals surface area contributed by atoms with Gasteiger partial charge in [0.2, 0.25) is 0 Å². The Bertz CT molecular complexity index is 1360. The number of para-hydroxylation sites is 1. The molecule has 0 saturated heterocycles. The molecular formula is C23H13F2N. The van der Waals surface area contributed by atoms with Crippen molar-refractivity contribution in [1.29, 1.82) is 0 Å². The topological polar surface area (TPSA) is 15.8 Å². The fourth-order valence-electron chi connectivity index (χ4n) is 4.49. The molecule has 0 amide bonds. The molecule has 0 spiro atoms. The third-order valence-electron chi connectivity index (χ3n) is 5.52. The van der Waals surface area contributed by atoms with E-state index in [1.165, 1.54) is 0 Å². The quantitative estimate of drug-likeness (QED) is 0.327. The van der Waals surface area contributed by atoms with Gasteiger partial charge in [-0.1, -0.05) is 66.7 Å². The molecular weight excluding hydrogens is 328 g/mol. The smallest absolute Gasteiger partial charge is 0.301 e. The molecule has 124 valence electrons. The lowest BCUT2D eigenvalue weighted by Crippen LogP contribution is -2.11. The van der Waals surface area contributed by atoms with Crippen LogP contribution in [-0.4, -0.2) is 4.98 Å². The lowest BCUT2D eigenvalue weighted by Gasteiger charge is -2.14. The maximum atomic E-state index is 15.5. The maximum Gasteiger partial charge on any atom is 0.301 e. The van der Waals surface area contributed by atoms with Crippen LogP contribution in [0.15, 0.2) is 72.8 Å². The van der Waals surface area contributed by atoms with Gasteiger partial charge in [0.15, 0.2) is 0 Å². The predicted octanol–water partition coefficient (Wildman–Crippen LogP) is 6.59. The van der Waals surface area contributed by atoms with Crippen molar-refractivity contribution in [1.82, 2.24) is 4.98 Å². The molecule has 4 aromatic carbocycles. The third-order valence-corrected chi connectivity index (χ3v) is 5.52. The molecule has 0 bridgehead atoms. The van der Waals surface area contributed by atoms with Gasteiger partial charge in [-0.3, -0.25) is 0 Å². The summed E-state index contributed by atoms with van der Waals surface area (Å²) in [4.78, 5) is 3.28. The molecule has 1 aliphatic carbocycles. The average Bonchev–Trinajstić information content (AvgIpc) is 3.16. The number of rotatable bonds is 0. The summed E-state index contributed by atoms with van der Waals surface area (Å²) < 4.78 is 31.0. The number of H-pyrrole nitrogens is 1. The van der Waals surface area contributed by atoms with Gasteiger partial charge in [0.1, 0.15) is 0 Å². The first-order valence-electron chi connectivity index (χ1n) is 8.61. The number of halogens is 2. The molecule has 0 fully saturated rings. The number of nitrogens with one attached hydrogen (secondary N) is 1. The lowest BCUT2D eigenvalue weighted by molar-refractivity contribution is 0.0495. The summed E-state index contributed by atoms with van der Waals surface area (Å²) in [6.07, 6.45) is 0. The molecule has 0 radical (unpaired) electrons. The molecule has 1 aliphatic rings. The Morgan fingerprint density at radius 2 is 1.35 bits per heavy atom. The maximum absolute atomic E-state index is 15.5. The average molecular weight is 341 g/mol. The van der Waals surface area contributed by atoms with Crippen LogP contribution < -0.4 is 0 Å². The van der Waals surface area contributed by atoms with Crippen molar-refractivity contribution < 1.29 is 8.78 Å². The van der Waals surface area contributed by atoms with Crippen molar-refractivity contribution in [2.24, 2.45) is 0 Å². The molecule has 1 heterocycles. The van der Waals surface area contributed by atoms with Gasteiger partial charge in [0.05, 0.1) is 11.1 Å². The summed E-state index contributed by atoms with van der Waals surface area (Å²) in [5, 5.41) is 3.74. The standard InChI is InChI=1S/C23H13F2N/c24-23(25)17-11-5-3-9-15(17)19-13-7-1-2-8-14(13)20-16-10-4-6-12-18(16)26-22(20)21(19)23/h1-12,26H. The van der Waals surface area contributed by atoms with Gasteiger partial charge in [0, 0.05) is 27.4 Å². The Hall–Kier alpha value is -3.20. The van der Waals surface area contributed by atoms with E-state index in [4.69, 9.17) is 0 Å². The summed E-state index contributed by atoms with van der Waals surface area (Å²) in [6.45, 7) is 0. The minimum absolute atomic E-state index is 0.0892. The number of aromatic amines is 1. The monoisotopic (exact) mass is 341 g/mol. The van der Waals surface area contributed by atoms with Gasteiger partial charge < -0.3 is 4.98 Å². The number of hydrogen-bond donors (Lipinski definition) is 1. The fraction of sp³-hybridized carbons (Fsp3) is 0.0435. The highest BCUT2D eigenvalue weighted by molar-refractivity contribution is 6.25. The molecule has 6 rings (SSSR count). The zero-order valence-corrected chi connectivity index (χ0v) is 13.7. The second-order valence-corrected chi connectivity index (χ2v) is 6.84. The number of aromatic nitrogens is 1. The Morgan fingerprint density at radius 1 is 0.692 bits per heavy atom. The Kier molecular flexibility index (Phi) is 2.42. The lowest BCUT2D eigenvalue weighted by atomic mass is 9.93. The SMILES string of the molecule is FC1(F)c2ccccc2-c2c1c1[nH]c3ccccc3c1c1ccccc21. The van der Waals surface area contributed by atoms with Crippen LogP contribution >= 0.6 is 0 Å². The van der Waals surface area contributed by atoms with E-state index in [0.29, 0.717) is 16.6 Å². The van der Waals surface area contributed by atoms with Gasteiger partial charge in [-0.05, 0) is 22.4 Å². The van der Waals surface area contributed by atoms with Crippen molar-refractivity contribution in [3.8, 4) is 11.1 Å². The summed E-state index contributed by atoms with van der Waals surface area (Å²) in [6, 6.07) is 22.5. The number of alkyl halides is 2. The number of fused-ring (bicyclic) bond motifs is 10. The molecule has 0 aliphatic heterocycles. The van der Waals surface area contributed by atoms with E-state index in [1.807, 2.05) is 54.6 Å². The van der Waals surface area contributed by atoms with Crippen molar-refractivity contribution in [2.45, 2.75) is 5.92 Å². The van der Waals surface area contributed by atoms with E-state index >= 15 is 8.78 Å². The van der Waals surface area contributed by atoms with E-state index in [0.717, 1.165) is 27.1 Å². The van der Waals surface area contributed by atoms with E-state index in [1.54, 1.807) is 18.2 Å². The van der Waals surface area contributed by atoms with E-state index in [2.05, 4.69) is 4.98 Å². The normalized spacial score (nSPS) is 14.8. The summed E-state index contributed by atoms with van der Waals surface area (Å²) in [5.41, 5.74) is 2.90. The van der Waals surface area contributed by atoms with Crippen LogP contribution in [-0.2, 0) is 5.92 Å². The molecule has 0 atom stereocenters. The molecule has 1 nitrogen and oxygen atoms in total. The summed E-state index contributed by atoms with van der Waals surface area (Å²) >= 11 is 0. The van der Waals surface area contributed by atoms with E-state index < -0.39 is 5.92 Å². The largest absolute Gasteiger partial charge is 0.354 e. The van der Waals surface area contributed by atoms with Crippen LogP contribution in [0.3, 0.4) is 0 Å². The molecule has 0 saturated carbocycles. The highest BCUT2D eigenvalue weighted by Crippen LogP contribution is 2.56. The second-order valence-electron chi connectivity index (χ2n) is 6.84. The van der Waals surface area contributed by atoms with E-state index in [-0.39, 0.29) is 11.1 Å². The number of benzene rings is 4. The molecule has 26 heavy (non-hydrogen) atoms.